The van der Waals surface area contributed by atoms with E-state index in [1.165, 1.54) is 51.4 Å². The van der Waals surface area contributed by atoms with Gasteiger partial charge in [-0.2, -0.15) is 0 Å². The number of unbranched alkanes of at least 4 members (excludes halogenated alkanes) is 16. The zero-order valence-electron chi connectivity index (χ0n) is 47.3. The highest BCUT2D eigenvalue weighted by molar-refractivity contribution is 7.47. The van der Waals surface area contributed by atoms with Crippen molar-refractivity contribution in [2.75, 3.05) is 40.9 Å². The zero-order chi connectivity index (χ0) is 53.6. The first kappa shape index (κ1) is 69.4. The molecule has 9 nitrogen and oxygen atoms in total. The number of esters is 1. The predicted molar refractivity (Wildman–Crippen MR) is 313 cm³/mol. The smallest absolute Gasteiger partial charge is 0.456 e. The first-order valence-corrected chi connectivity index (χ1v) is 30.4. The molecule has 0 aromatic carbocycles. The molecule has 0 bridgehead atoms. The molecule has 0 aromatic heterocycles. The molecule has 0 heterocycles. The Morgan fingerprint density at radius 1 is 0.493 bits per heavy atom. The second-order valence-electron chi connectivity index (χ2n) is 20.0. The lowest BCUT2D eigenvalue weighted by atomic mass is 10.1. The van der Waals surface area contributed by atoms with Crippen LogP contribution < -0.4 is 5.32 Å². The number of nitrogens with one attached hydrogen (secondary N) is 1. The van der Waals surface area contributed by atoms with Crippen LogP contribution in [0.15, 0.2) is 122 Å². The fourth-order valence-electron chi connectivity index (χ4n) is 7.48. The molecule has 0 spiro atoms. The molecule has 3 unspecified atom stereocenters. The van der Waals surface area contributed by atoms with Crippen LogP contribution in [0.2, 0.25) is 0 Å². The summed E-state index contributed by atoms with van der Waals surface area (Å²) in [5.74, 6) is -0.593. The topological polar surface area (TPSA) is 111 Å². The largest absolute Gasteiger partial charge is 0.472 e. The quantitative estimate of drug-likeness (QED) is 0.0205. The Kier molecular flexibility index (Phi) is 49.3. The summed E-state index contributed by atoms with van der Waals surface area (Å²) in [5.41, 5.74) is 0. The second kappa shape index (κ2) is 51.9. The molecule has 0 saturated heterocycles. The number of phosphoric acid groups is 1. The van der Waals surface area contributed by atoms with E-state index >= 15 is 0 Å². The third kappa shape index (κ3) is 53.1. The summed E-state index contributed by atoms with van der Waals surface area (Å²) in [6, 6.07) is -0.888. The molecular formula is C63H108N2O7P+. The molecule has 0 saturated carbocycles. The van der Waals surface area contributed by atoms with Crippen LogP contribution in [0.4, 0.5) is 0 Å². The predicted octanol–water partition coefficient (Wildman–Crippen LogP) is 17.5. The maximum absolute atomic E-state index is 13.5. The van der Waals surface area contributed by atoms with Crippen LogP contribution in [0, 0.1) is 0 Å². The van der Waals surface area contributed by atoms with Gasteiger partial charge in [-0.1, -0.05) is 207 Å². The van der Waals surface area contributed by atoms with Crippen molar-refractivity contribution in [1.82, 2.24) is 5.32 Å². The number of nitrogens with zero attached hydrogens (tertiary/aromatic N) is 1. The highest BCUT2D eigenvalue weighted by Gasteiger charge is 2.30. The van der Waals surface area contributed by atoms with Crippen LogP contribution in [-0.2, 0) is 27.9 Å². The molecule has 10 heteroatoms. The van der Waals surface area contributed by atoms with E-state index in [2.05, 4.69) is 135 Å². The van der Waals surface area contributed by atoms with Gasteiger partial charge >= 0.3 is 13.8 Å². The number of hydrogen-bond acceptors (Lipinski definition) is 6. The fourth-order valence-corrected chi connectivity index (χ4v) is 8.22. The molecule has 3 atom stereocenters. The molecular weight excluding hydrogens is 928 g/mol. The van der Waals surface area contributed by atoms with E-state index in [-0.39, 0.29) is 37.9 Å². The fraction of sp³-hybridized carbons (Fsp3) is 0.651. The maximum Gasteiger partial charge on any atom is 0.472 e. The average Bonchev–Trinajstić information content (AvgIpc) is 3.35. The number of rotatable bonds is 50. The zero-order valence-corrected chi connectivity index (χ0v) is 48.2. The van der Waals surface area contributed by atoms with Crippen LogP contribution in [-0.4, -0.2) is 74.3 Å². The maximum atomic E-state index is 13.5. The number of allylic oxidation sites excluding steroid dienone is 19. The van der Waals surface area contributed by atoms with E-state index in [0.29, 0.717) is 23.9 Å². The van der Waals surface area contributed by atoms with Crippen molar-refractivity contribution >= 4 is 19.7 Å². The summed E-state index contributed by atoms with van der Waals surface area (Å²) >= 11 is 0. The lowest BCUT2D eigenvalue weighted by Gasteiger charge is -2.27. The van der Waals surface area contributed by atoms with Gasteiger partial charge in [-0.05, 0) is 115 Å². The van der Waals surface area contributed by atoms with Crippen molar-refractivity contribution in [2.45, 2.75) is 226 Å². The monoisotopic (exact) mass is 1040 g/mol. The van der Waals surface area contributed by atoms with Gasteiger partial charge in [0.05, 0.1) is 33.8 Å². The number of phosphoric ester groups is 1. The van der Waals surface area contributed by atoms with Crippen LogP contribution in [0.3, 0.4) is 0 Å². The number of hydrogen-bond donors (Lipinski definition) is 2. The first-order chi connectivity index (χ1) is 35.4. The third-order valence-electron chi connectivity index (χ3n) is 11.9. The van der Waals surface area contributed by atoms with Gasteiger partial charge in [-0.25, -0.2) is 4.57 Å². The van der Waals surface area contributed by atoms with Crippen molar-refractivity contribution in [2.24, 2.45) is 0 Å². The number of amides is 1. The molecule has 73 heavy (non-hydrogen) atoms. The number of ether oxygens (including phenoxy) is 1. The van der Waals surface area contributed by atoms with Crippen LogP contribution in [0.5, 0.6) is 0 Å². The highest BCUT2D eigenvalue weighted by Crippen LogP contribution is 2.43. The van der Waals surface area contributed by atoms with Gasteiger partial charge in [0.15, 0.2) is 0 Å². The van der Waals surface area contributed by atoms with E-state index < -0.39 is 20.0 Å². The van der Waals surface area contributed by atoms with Crippen molar-refractivity contribution in [3.8, 4) is 0 Å². The summed E-state index contributed by atoms with van der Waals surface area (Å²) in [4.78, 5) is 37.6. The number of quaternary nitrogens is 1. The Morgan fingerprint density at radius 2 is 0.877 bits per heavy atom. The van der Waals surface area contributed by atoms with Gasteiger partial charge in [-0.15, -0.1) is 0 Å². The Bertz CT molecular complexity index is 1660. The molecule has 0 fully saturated rings. The number of likely N-dealkylation sites (N-methyl/N-ethyl adjacent to an activating group) is 1. The first-order valence-electron chi connectivity index (χ1n) is 28.9. The molecule has 416 valence electrons. The Balaban J connectivity index is 5.44. The van der Waals surface area contributed by atoms with Crippen LogP contribution in [0.1, 0.15) is 213 Å². The van der Waals surface area contributed by atoms with Gasteiger partial charge in [0, 0.05) is 12.8 Å². The van der Waals surface area contributed by atoms with E-state index in [9.17, 15) is 19.0 Å². The van der Waals surface area contributed by atoms with Crippen molar-refractivity contribution in [1.29, 1.82) is 0 Å². The van der Waals surface area contributed by atoms with E-state index in [1.807, 2.05) is 33.3 Å². The molecule has 1 amide bonds. The summed E-state index contributed by atoms with van der Waals surface area (Å²) in [5, 5.41) is 3.01. The van der Waals surface area contributed by atoms with Crippen molar-refractivity contribution < 1.29 is 37.3 Å². The van der Waals surface area contributed by atoms with Gasteiger partial charge in [-0.3, -0.25) is 18.6 Å². The van der Waals surface area contributed by atoms with E-state index in [1.54, 1.807) is 0 Å². The van der Waals surface area contributed by atoms with Gasteiger partial charge in [0.25, 0.3) is 0 Å². The minimum atomic E-state index is -4.47. The molecule has 0 rings (SSSR count). The number of carbonyl (C=O) groups is 2. The van der Waals surface area contributed by atoms with Gasteiger partial charge < -0.3 is 19.4 Å². The standard InChI is InChI=1S/C63H107N2O7P/c1-7-10-13-16-19-22-25-28-30-31-32-33-34-35-36-37-40-43-46-49-52-55-62(66)64-60(59-71-73(68,69)70-58-57-65(4,5)6)61(54-51-48-45-42-39-27-24-21-18-15-12-9-3)72-63(67)56-53-50-47-44-41-38-29-26-23-20-17-14-11-8-2/h10-11,13-14,19-20,22-23,28-30,32-33,35-36,38,40,43,51,54,60-61H,7-9,12,15-18,21,24-27,31,34,37,39,41-42,44-50,52-53,55-59H2,1-6H3,(H-,64,66,68,69)/p+1/b13-10-,14-11+,22-19-,23-20+,30-28-,33-32-,36-35-,38-29+,43-40-,54-51-. The van der Waals surface area contributed by atoms with E-state index in [0.717, 1.165) is 116 Å². The number of carbonyl (C=O) groups excluding carboxylic acids is 2. The summed E-state index contributed by atoms with van der Waals surface area (Å²) in [6.45, 7) is 6.70. The SMILES string of the molecule is CC/C=C\C/C=C\C/C=C\C/C=C\C/C=C\C/C=C\CCCCC(=O)NC(COP(=O)(O)OCC[N+](C)(C)C)C(/C=C\CCCCCCCCCCCC)OC(=O)CCCCCC/C=C/C/C=C/C/C=C/CC. The van der Waals surface area contributed by atoms with Crippen molar-refractivity contribution in [3.63, 3.8) is 0 Å². The second-order valence-corrected chi connectivity index (χ2v) is 21.5. The lowest BCUT2D eigenvalue weighted by Crippen LogP contribution is -2.47. The minimum absolute atomic E-state index is 0.0209. The molecule has 0 aliphatic carbocycles. The Morgan fingerprint density at radius 3 is 1.33 bits per heavy atom. The summed E-state index contributed by atoms with van der Waals surface area (Å²) in [6.07, 6.45) is 72.0. The Labute approximate surface area is 448 Å². The lowest BCUT2D eigenvalue weighted by molar-refractivity contribution is -0.870. The molecule has 0 aromatic rings. The van der Waals surface area contributed by atoms with Crippen LogP contribution >= 0.6 is 7.82 Å². The minimum Gasteiger partial charge on any atom is -0.456 e. The third-order valence-corrected chi connectivity index (χ3v) is 12.9. The average molecular weight is 1040 g/mol. The normalized spacial score (nSPS) is 14.7. The van der Waals surface area contributed by atoms with Crippen molar-refractivity contribution in [3.05, 3.63) is 122 Å². The summed E-state index contributed by atoms with van der Waals surface area (Å²) < 4.78 is 30.6. The van der Waals surface area contributed by atoms with E-state index in [4.69, 9.17) is 13.8 Å². The molecule has 0 radical (unpaired) electrons. The highest BCUT2D eigenvalue weighted by atomic mass is 31.2. The molecule has 0 aliphatic rings. The Hall–Kier alpha value is -3.59. The van der Waals surface area contributed by atoms with Gasteiger partial charge in [0.2, 0.25) is 5.91 Å². The molecule has 0 aliphatic heterocycles. The van der Waals surface area contributed by atoms with Crippen LogP contribution in [0.25, 0.3) is 0 Å². The molecule has 2 N–H and O–H groups in total. The summed E-state index contributed by atoms with van der Waals surface area (Å²) in [7, 11) is 1.43. The van der Waals surface area contributed by atoms with Gasteiger partial charge in [0.1, 0.15) is 19.3 Å².